The van der Waals surface area contributed by atoms with Gasteiger partial charge in [-0.3, -0.25) is 9.20 Å². The van der Waals surface area contributed by atoms with E-state index in [1.165, 1.54) is 11.8 Å². The van der Waals surface area contributed by atoms with Crippen LogP contribution in [0.1, 0.15) is 12.5 Å². The van der Waals surface area contributed by atoms with Gasteiger partial charge in [-0.25, -0.2) is 0 Å². The molecular weight excluding hydrogens is 420 g/mol. The summed E-state index contributed by atoms with van der Waals surface area (Å²) in [5.41, 5.74) is 2.09. The van der Waals surface area contributed by atoms with E-state index in [9.17, 15) is 4.79 Å². The molecule has 0 radical (unpaired) electrons. The molecule has 0 N–H and O–H groups in total. The Kier molecular flexibility index (Phi) is 5.22. The Bertz CT molecular complexity index is 1220. The highest BCUT2D eigenvalue weighted by molar-refractivity contribution is 7.99. The molecule has 4 aromatic rings. The number of rotatable bonds is 6. The summed E-state index contributed by atoms with van der Waals surface area (Å²) in [4.78, 5) is 15.6. The molecule has 5 rings (SSSR count). The number of carbonyl (C=O) groups excluding carboxylic acids is 1. The Morgan fingerprint density at radius 1 is 1.17 bits per heavy atom. The molecule has 154 valence electrons. The lowest BCUT2D eigenvalue weighted by atomic mass is 10.2. The van der Waals surface area contributed by atoms with Crippen LogP contribution in [0.25, 0.3) is 15.2 Å². The van der Waals surface area contributed by atoms with Crippen molar-refractivity contribution in [3.8, 4) is 11.5 Å². The summed E-state index contributed by atoms with van der Waals surface area (Å²) in [7, 11) is 0. The van der Waals surface area contributed by atoms with Crippen LogP contribution in [0.2, 0.25) is 0 Å². The topological polar surface area (TPSA) is 69.0 Å². The van der Waals surface area contributed by atoms with Crippen molar-refractivity contribution in [2.45, 2.75) is 18.6 Å². The number of carbonyl (C=O) groups is 1. The lowest BCUT2D eigenvalue weighted by Gasteiger charge is -2.23. The van der Waals surface area contributed by atoms with Gasteiger partial charge >= 0.3 is 0 Å². The molecule has 2 aromatic heterocycles. The molecule has 3 heterocycles. The number of thiazole rings is 1. The molecule has 0 spiro atoms. The lowest BCUT2D eigenvalue weighted by molar-refractivity contribution is -0.128. The maximum Gasteiger partial charge on any atom is 0.233 e. The molecule has 0 atom stereocenters. The highest BCUT2D eigenvalue weighted by Gasteiger charge is 2.18. The van der Waals surface area contributed by atoms with Crippen LogP contribution < -0.4 is 9.47 Å². The largest absolute Gasteiger partial charge is 0.486 e. The van der Waals surface area contributed by atoms with Crippen molar-refractivity contribution >= 4 is 44.2 Å². The number of benzene rings is 2. The summed E-state index contributed by atoms with van der Waals surface area (Å²) in [6.07, 6.45) is 0. The Morgan fingerprint density at radius 3 is 2.87 bits per heavy atom. The minimum absolute atomic E-state index is 0.0636. The number of thioether (sulfide) groups is 1. The van der Waals surface area contributed by atoms with Gasteiger partial charge in [0.25, 0.3) is 0 Å². The summed E-state index contributed by atoms with van der Waals surface area (Å²) < 4.78 is 14.4. The van der Waals surface area contributed by atoms with Gasteiger partial charge in [-0.05, 0) is 36.8 Å². The molecule has 0 saturated heterocycles. The van der Waals surface area contributed by atoms with E-state index in [1.54, 1.807) is 11.3 Å². The first-order chi connectivity index (χ1) is 14.7. The first kappa shape index (κ1) is 19.2. The normalized spacial score (nSPS) is 13.1. The zero-order valence-corrected chi connectivity index (χ0v) is 18.0. The van der Waals surface area contributed by atoms with E-state index in [2.05, 4.69) is 16.3 Å². The fourth-order valence-corrected chi connectivity index (χ4v) is 5.32. The average molecular weight is 441 g/mol. The van der Waals surface area contributed by atoms with E-state index in [-0.39, 0.29) is 5.91 Å². The van der Waals surface area contributed by atoms with Crippen molar-refractivity contribution in [1.82, 2.24) is 19.5 Å². The number of nitrogens with zero attached hydrogens (tertiary/aromatic N) is 4. The first-order valence-corrected chi connectivity index (χ1v) is 11.5. The third-order valence-corrected chi connectivity index (χ3v) is 6.88. The summed E-state index contributed by atoms with van der Waals surface area (Å²) in [5.74, 6) is 1.87. The van der Waals surface area contributed by atoms with Crippen LogP contribution >= 0.6 is 23.1 Å². The molecule has 1 aliphatic heterocycles. The number of aromatic nitrogens is 3. The molecule has 1 amide bonds. The molecule has 7 nitrogen and oxygen atoms in total. The Balaban J connectivity index is 1.29. The van der Waals surface area contributed by atoms with Gasteiger partial charge in [0.2, 0.25) is 10.9 Å². The average Bonchev–Trinajstić information content (AvgIpc) is 3.35. The van der Waals surface area contributed by atoms with E-state index < -0.39 is 0 Å². The van der Waals surface area contributed by atoms with Gasteiger partial charge in [-0.1, -0.05) is 41.3 Å². The summed E-state index contributed by atoms with van der Waals surface area (Å²) in [6, 6.07) is 14.0. The molecule has 2 aromatic carbocycles. The quantitative estimate of drug-likeness (QED) is 0.424. The number of hydrogen-bond acceptors (Lipinski definition) is 7. The van der Waals surface area contributed by atoms with E-state index in [0.717, 1.165) is 37.4 Å². The van der Waals surface area contributed by atoms with Gasteiger partial charge < -0.3 is 14.4 Å². The van der Waals surface area contributed by atoms with Gasteiger partial charge in [0.05, 0.1) is 16.0 Å². The van der Waals surface area contributed by atoms with Crippen molar-refractivity contribution in [3.63, 3.8) is 0 Å². The van der Waals surface area contributed by atoms with Gasteiger partial charge in [-0.2, -0.15) is 0 Å². The molecule has 1 aliphatic rings. The zero-order valence-electron chi connectivity index (χ0n) is 16.4. The number of amides is 1. The third kappa shape index (κ3) is 3.59. The highest BCUT2D eigenvalue weighted by atomic mass is 32.2. The van der Waals surface area contributed by atoms with Crippen LogP contribution in [0, 0.1) is 0 Å². The smallest absolute Gasteiger partial charge is 0.233 e. The van der Waals surface area contributed by atoms with Gasteiger partial charge in [0.15, 0.2) is 16.7 Å². The molecule has 0 fully saturated rings. The number of hydrogen-bond donors (Lipinski definition) is 0. The molecule has 0 bridgehead atoms. The lowest BCUT2D eigenvalue weighted by Crippen LogP contribution is -2.31. The van der Waals surface area contributed by atoms with Gasteiger partial charge in [-0.15, -0.1) is 10.2 Å². The van der Waals surface area contributed by atoms with Crippen molar-refractivity contribution in [1.29, 1.82) is 0 Å². The van der Waals surface area contributed by atoms with Crippen molar-refractivity contribution < 1.29 is 14.3 Å². The van der Waals surface area contributed by atoms with Gasteiger partial charge in [0.1, 0.15) is 13.2 Å². The van der Waals surface area contributed by atoms with E-state index in [1.807, 2.05) is 52.6 Å². The minimum atomic E-state index is 0.0636. The van der Waals surface area contributed by atoms with E-state index in [4.69, 9.17) is 9.47 Å². The summed E-state index contributed by atoms with van der Waals surface area (Å²) in [6.45, 7) is 4.27. The minimum Gasteiger partial charge on any atom is -0.486 e. The SMILES string of the molecule is CCN(Cc1ccc2c(c1)OCCO2)C(=O)CSc1nnc2sc3ccccc3n12. The monoisotopic (exact) mass is 440 g/mol. The Labute approximate surface area is 181 Å². The molecule has 0 unspecified atom stereocenters. The van der Waals surface area contributed by atoms with Crippen LogP contribution in [-0.2, 0) is 11.3 Å². The Hall–Kier alpha value is -2.78. The number of fused-ring (bicyclic) bond motifs is 4. The van der Waals surface area contributed by atoms with Crippen molar-refractivity contribution in [2.75, 3.05) is 25.5 Å². The summed E-state index contributed by atoms with van der Waals surface area (Å²) in [5, 5.41) is 9.29. The summed E-state index contributed by atoms with van der Waals surface area (Å²) >= 11 is 3.02. The molecule has 9 heteroatoms. The second-order valence-corrected chi connectivity index (χ2v) is 8.80. The van der Waals surface area contributed by atoms with Crippen molar-refractivity contribution in [3.05, 3.63) is 48.0 Å². The molecule has 0 aliphatic carbocycles. The number of para-hydroxylation sites is 1. The standard InChI is InChI=1S/C21H20N4O3S2/c1-2-24(12-14-7-8-16-17(11-14)28-10-9-27-16)19(26)13-29-20-22-23-21-25(20)15-5-3-4-6-18(15)30-21/h3-8,11H,2,9-10,12-13H2,1H3. The van der Waals surface area contributed by atoms with Gasteiger partial charge in [0, 0.05) is 13.1 Å². The van der Waals surface area contributed by atoms with Crippen LogP contribution in [0.15, 0.2) is 47.6 Å². The predicted molar refractivity (Wildman–Crippen MR) is 118 cm³/mol. The van der Waals surface area contributed by atoms with Crippen LogP contribution in [-0.4, -0.2) is 50.9 Å². The van der Waals surface area contributed by atoms with Crippen LogP contribution in [0.4, 0.5) is 0 Å². The van der Waals surface area contributed by atoms with Crippen LogP contribution in [0.5, 0.6) is 11.5 Å². The third-order valence-electron chi connectivity index (χ3n) is 4.95. The fraction of sp³-hybridized carbons (Fsp3) is 0.286. The predicted octanol–water partition coefficient (Wildman–Crippen LogP) is 3.86. The van der Waals surface area contributed by atoms with Crippen molar-refractivity contribution in [2.24, 2.45) is 0 Å². The maximum atomic E-state index is 12.9. The molecule has 0 saturated carbocycles. The Morgan fingerprint density at radius 2 is 2.00 bits per heavy atom. The van der Waals surface area contributed by atoms with E-state index in [0.29, 0.717) is 32.1 Å². The highest BCUT2D eigenvalue weighted by Crippen LogP contribution is 2.32. The number of ether oxygens (including phenoxy) is 2. The zero-order chi connectivity index (χ0) is 20.5. The maximum absolute atomic E-state index is 12.9. The van der Waals surface area contributed by atoms with Crippen LogP contribution in [0.3, 0.4) is 0 Å². The van der Waals surface area contributed by atoms with E-state index >= 15 is 0 Å². The molecular formula is C21H20N4O3S2. The fourth-order valence-electron chi connectivity index (χ4n) is 3.45. The second-order valence-electron chi connectivity index (χ2n) is 6.84. The first-order valence-electron chi connectivity index (χ1n) is 9.74. The second kappa shape index (κ2) is 8.16. The molecule has 30 heavy (non-hydrogen) atoms.